The Morgan fingerprint density at radius 3 is 2.62 bits per heavy atom. The van der Waals surface area contributed by atoms with Crippen molar-refractivity contribution in [2.75, 3.05) is 0 Å². The second kappa shape index (κ2) is 5.12. The standard InChI is InChI=1S/C18H20N6/c1-12(2)24-17-8-13(9-20-15(17)10-21-24)18(3,4)23-11-16-14(22-23)6-5-7-19-16/h5-12H,1-4H3. The first-order valence-electron chi connectivity index (χ1n) is 8.11. The Balaban J connectivity index is 1.86. The smallest absolute Gasteiger partial charge is 0.111 e. The van der Waals surface area contributed by atoms with Crippen LogP contribution in [0.2, 0.25) is 0 Å². The minimum atomic E-state index is -0.339. The van der Waals surface area contributed by atoms with Crippen molar-refractivity contribution < 1.29 is 0 Å². The van der Waals surface area contributed by atoms with Crippen LogP contribution in [0.1, 0.15) is 39.3 Å². The molecule has 0 amide bonds. The molecule has 0 N–H and O–H groups in total. The van der Waals surface area contributed by atoms with Gasteiger partial charge in [-0.1, -0.05) is 0 Å². The summed E-state index contributed by atoms with van der Waals surface area (Å²) in [5, 5.41) is 9.14. The summed E-state index contributed by atoms with van der Waals surface area (Å²) >= 11 is 0. The SMILES string of the molecule is CC(C)n1ncc2ncc(C(C)(C)n3cc4ncccc4n3)cc21. The van der Waals surface area contributed by atoms with Crippen molar-refractivity contribution in [3.05, 3.63) is 48.5 Å². The Morgan fingerprint density at radius 2 is 1.88 bits per heavy atom. The molecule has 0 fully saturated rings. The molecule has 6 heteroatoms. The van der Waals surface area contributed by atoms with Gasteiger partial charge in [0.2, 0.25) is 0 Å². The molecule has 0 unspecified atom stereocenters. The van der Waals surface area contributed by atoms with Crippen LogP contribution in [0.3, 0.4) is 0 Å². The Labute approximate surface area is 140 Å². The first-order chi connectivity index (χ1) is 11.5. The molecule has 0 saturated heterocycles. The van der Waals surface area contributed by atoms with Crippen LogP contribution >= 0.6 is 0 Å². The average Bonchev–Trinajstić information content (AvgIpc) is 3.18. The molecule has 4 aromatic heterocycles. The van der Waals surface area contributed by atoms with Gasteiger partial charge in [-0.05, 0) is 51.5 Å². The fourth-order valence-corrected chi connectivity index (χ4v) is 2.94. The molecule has 0 aliphatic rings. The van der Waals surface area contributed by atoms with Crippen LogP contribution in [-0.4, -0.2) is 29.5 Å². The molecule has 24 heavy (non-hydrogen) atoms. The third-order valence-corrected chi connectivity index (χ3v) is 4.49. The van der Waals surface area contributed by atoms with Crippen molar-refractivity contribution in [1.82, 2.24) is 29.5 Å². The Hall–Kier alpha value is -2.76. The minimum Gasteiger partial charge on any atom is -0.261 e. The number of fused-ring (bicyclic) bond motifs is 2. The third kappa shape index (κ3) is 2.18. The number of pyridine rings is 2. The lowest BCUT2D eigenvalue weighted by Crippen LogP contribution is -2.28. The van der Waals surface area contributed by atoms with E-state index in [0.29, 0.717) is 6.04 Å². The summed E-state index contributed by atoms with van der Waals surface area (Å²) in [6, 6.07) is 6.33. The molecule has 0 spiro atoms. The highest BCUT2D eigenvalue weighted by atomic mass is 15.3. The second-order valence-electron chi connectivity index (χ2n) is 6.85. The van der Waals surface area contributed by atoms with Gasteiger partial charge in [0.15, 0.2) is 0 Å². The van der Waals surface area contributed by atoms with Gasteiger partial charge in [-0.25, -0.2) is 0 Å². The monoisotopic (exact) mass is 320 g/mol. The van der Waals surface area contributed by atoms with Crippen molar-refractivity contribution in [1.29, 1.82) is 0 Å². The molecule has 0 aromatic carbocycles. The molecule has 4 aromatic rings. The van der Waals surface area contributed by atoms with Gasteiger partial charge >= 0.3 is 0 Å². The number of nitrogens with zero attached hydrogens (tertiary/aromatic N) is 6. The van der Waals surface area contributed by atoms with E-state index in [1.807, 2.05) is 40.1 Å². The van der Waals surface area contributed by atoms with E-state index in [9.17, 15) is 0 Å². The van der Waals surface area contributed by atoms with E-state index in [0.717, 1.165) is 27.6 Å². The van der Waals surface area contributed by atoms with E-state index in [4.69, 9.17) is 0 Å². The predicted molar refractivity (Wildman–Crippen MR) is 93.9 cm³/mol. The molecule has 0 bridgehead atoms. The van der Waals surface area contributed by atoms with Gasteiger partial charge in [0.25, 0.3) is 0 Å². The molecule has 122 valence electrons. The normalized spacial score (nSPS) is 12.5. The highest BCUT2D eigenvalue weighted by Gasteiger charge is 2.26. The molecular weight excluding hydrogens is 300 g/mol. The largest absolute Gasteiger partial charge is 0.261 e. The molecule has 0 atom stereocenters. The summed E-state index contributed by atoms with van der Waals surface area (Å²) < 4.78 is 3.96. The lowest BCUT2D eigenvalue weighted by Gasteiger charge is -2.25. The maximum absolute atomic E-state index is 4.69. The molecule has 0 radical (unpaired) electrons. The Bertz CT molecular complexity index is 991. The van der Waals surface area contributed by atoms with Gasteiger partial charge in [0, 0.05) is 18.4 Å². The van der Waals surface area contributed by atoms with Crippen LogP contribution in [0.5, 0.6) is 0 Å². The summed E-state index contributed by atoms with van der Waals surface area (Å²) in [5.41, 5.74) is 4.50. The van der Waals surface area contributed by atoms with Crippen LogP contribution in [0.15, 0.2) is 43.0 Å². The Kier molecular flexibility index (Phi) is 3.16. The van der Waals surface area contributed by atoms with Gasteiger partial charge in [-0.2, -0.15) is 10.2 Å². The fraction of sp³-hybridized carbons (Fsp3) is 0.333. The minimum absolute atomic E-state index is 0.291. The molecular formula is C18H20N6. The van der Waals surface area contributed by atoms with Gasteiger partial charge in [0.05, 0.1) is 23.4 Å². The fourth-order valence-electron chi connectivity index (χ4n) is 2.94. The molecule has 0 aliphatic carbocycles. The molecule has 4 rings (SSSR count). The number of aromatic nitrogens is 6. The van der Waals surface area contributed by atoms with Crippen molar-refractivity contribution in [2.45, 2.75) is 39.3 Å². The molecule has 6 nitrogen and oxygen atoms in total. The van der Waals surface area contributed by atoms with Crippen molar-refractivity contribution in [2.24, 2.45) is 0 Å². The van der Waals surface area contributed by atoms with Crippen molar-refractivity contribution in [3.63, 3.8) is 0 Å². The van der Waals surface area contributed by atoms with Crippen molar-refractivity contribution in [3.8, 4) is 0 Å². The summed E-state index contributed by atoms with van der Waals surface area (Å²) in [4.78, 5) is 8.96. The topological polar surface area (TPSA) is 61.4 Å². The van der Waals surface area contributed by atoms with Gasteiger partial charge in [0.1, 0.15) is 16.6 Å². The maximum atomic E-state index is 4.69. The quantitative estimate of drug-likeness (QED) is 0.579. The zero-order valence-electron chi connectivity index (χ0n) is 14.3. The number of hydrogen-bond acceptors (Lipinski definition) is 4. The molecule has 0 aliphatic heterocycles. The van der Waals surface area contributed by atoms with E-state index in [-0.39, 0.29) is 5.54 Å². The average molecular weight is 320 g/mol. The molecule has 4 heterocycles. The van der Waals surface area contributed by atoms with E-state index in [1.54, 1.807) is 6.20 Å². The van der Waals surface area contributed by atoms with E-state index < -0.39 is 0 Å². The first kappa shape index (κ1) is 14.8. The van der Waals surface area contributed by atoms with Crippen LogP contribution in [-0.2, 0) is 5.54 Å². The van der Waals surface area contributed by atoms with E-state index in [2.05, 4.69) is 53.9 Å². The number of hydrogen-bond donors (Lipinski definition) is 0. The lowest BCUT2D eigenvalue weighted by atomic mass is 9.96. The highest BCUT2D eigenvalue weighted by molar-refractivity contribution is 5.75. The maximum Gasteiger partial charge on any atom is 0.111 e. The summed E-state index contributed by atoms with van der Waals surface area (Å²) in [7, 11) is 0. The zero-order chi connectivity index (χ0) is 16.9. The lowest BCUT2D eigenvalue weighted by molar-refractivity contribution is 0.392. The van der Waals surface area contributed by atoms with E-state index in [1.165, 1.54) is 0 Å². The summed E-state index contributed by atoms with van der Waals surface area (Å²) in [6.45, 7) is 8.52. The van der Waals surface area contributed by atoms with Crippen LogP contribution in [0, 0.1) is 0 Å². The zero-order valence-corrected chi connectivity index (χ0v) is 14.3. The predicted octanol–water partition coefficient (Wildman–Crippen LogP) is 3.54. The third-order valence-electron chi connectivity index (χ3n) is 4.49. The van der Waals surface area contributed by atoms with Crippen LogP contribution in [0.25, 0.3) is 22.1 Å². The summed E-state index contributed by atoms with van der Waals surface area (Å²) in [6.07, 6.45) is 7.50. The van der Waals surface area contributed by atoms with Crippen LogP contribution < -0.4 is 0 Å². The Morgan fingerprint density at radius 1 is 1.04 bits per heavy atom. The second-order valence-corrected chi connectivity index (χ2v) is 6.85. The van der Waals surface area contributed by atoms with E-state index >= 15 is 0 Å². The van der Waals surface area contributed by atoms with Gasteiger partial charge in [-0.3, -0.25) is 19.3 Å². The molecule has 0 saturated carbocycles. The first-order valence-corrected chi connectivity index (χ1v) is 8.11. The summed E-state index contributed by atoms with van der Waals surface area (Å²) in [5.74, 6) is 0. The highest BCUT2D eigenvalue weighted by Crippen LogP contribution is 2.28. The van der Waals surface area contributed by atoms with Crippen LogP contribution in [0.4, 0.5) is 0 Å². The van der Waals surface area contributed by atoms with Gasteiger partial charge < -0.3 is 0 Å². The van der Waals surface area contributed by atoms with Gasteiger partial charge in [-0.15, -0.1) is 0 Å². The number of rotatable bonds is 3. The van der Waals surface area contributed by atoms with Crippen molar-refractivity contribution >= 4 is 22.1 Å².